The van der Waals surface area contributed by atoms with Crippen molar-refractivity contribution < 1.29 is 19.1 Å². The van der Waals surface area contributed by atoms with E-state index in [2.05, 4.69) is 5.32 Å². The van der Waals surface area contributed by atoms with Gasteiger partial charge in [-0.1, -0.05) is 25.7 Å². The van der Waals surface area contributed by atoms with Gasteiger partial charge in [0.2, 0.25) is 11.8 Å². The minimum absolute atomic E-state index is 0.174. The van der Waals surface area contributed by atoms with E-state index in [1.165, 1.54) is 12.8 Å². The number of hydrogen-bond acceptors (Lipinski definition) is 4. The van der Waals surface area contributed by atoms with Crippen molar-refractivity contribution in [1.29, 1.82) is 0 Å². The Balaban J connectivity index is 1.88. The van der Waals surface area contributed by atoms with Crippen molar-refractivity contribution in [2.24, 2.45) is 5.41 Å². The first-order chi connectivity index (χ1) is 12.4. The fraction of sp³-hybridized carbons (Fsp3) is 0.842. The molecular weight excluding hydrogens is 334 g/mol. The molecule has 1 N–H and O–H groups in total. The lowest BCUT2D eigenvalue weighted by Gasteiger charge is -2.38. The Bertz CT molecular complexity index is 505. The van der Waals surface area contributed by atoms with Crippen LogP contribution in [0.15, 0.2) is 0 Å². The first-order valence-corrected chi connectivity index (χ1v) is 9.88. The SMILES string of the molecule is CCOC(=O)N1CCN(C(=O)C(C)(C)C(=O)NC2CCCCCC2)CC1. The number of piperazine rings is 1. The summed E-state index contributed by atoms with van der Waals surface area (Å²) >= 11 is 0. The van der Waals surface area contributed by atoms with Gasteiger partial charge in [0.05, 0.1) is 6.61 Å². The molecular formula is C19H33N3O4. The summed E-state index contributed by atoms with van der Waals surface area (Å²) in [6, 6.07) is 0.178. The van der Waals surface area contributed by atoms with Crippen LogP contribution in [0.2, 0.25) is 0 Å². The molecule has 0 atom stereocenters. The van der Waals surface area contributed by atoms with Crippen LogP contribution in [0.4, 0.5) is 4.79 Å². The van der Waals surface area contributed by atoms with Crippen molar-refractivity contribution in [2.75, 3.05) is 32.8 Å². The Hall–Kier alpha value is -1.79. The molecule has 148 valence electrons. The van der Waals surface area contributed by atoms with Gasteiger partial charge >= 0.3 is 6.09 Å². The molecule has 0 spiro atoms. The second-order valence-electron chi connectivity index (χ2n) is 7.77. The molecule has 2 rings (SSSR count). The van der Waals surface area contributed by atoms with E-state index in [1.54, 1.807) is 30.6 Å². The summed E-state index contributed by atoms with van der Waals surface area (Å²) < 4.78 is 5.00. The normalized spacial score (nSPS) is 19.7. The zero-order valence-corrected chi connectivity index (χ0v) is 16.4. The maximum absolute atomic E-state index is 12.9. The van der Waals surface area contributed by atoms with E-state index in [0.29, 0.717) is 32.8 Å². The fourth-order valence-electron chi connectivity index (χ4n) is 3.59. The number of nitrogens with one attached hydrogen (secondary N) is 1. The number of ether oxygens (including phenoxy) is 1. The number of rotatable bonds is 4. The second-order valence-corrected chi connectivity index (χ2v) is 7.77. The van der Waals surface area contributed by atoms with Crippen LogP contribution in [0.3, 0.4) is 0 Å². The van der Waals surface area contributed by atoms with Crippen LogP contribution >= 0.6 is 0 Å². The monoisotopic (exact) mass is 367 g/mol. The summed E-state index contributed by atoms with van der Waals surface area (Å²) in [6.07, 6.45) is 6.36. The Morgan fingerprint density at radius 2 is 1.50 bits per heavy atom. The Morgan fingerprint density at radius 1 is 0.962 bits per heavy atom. The van der Waals surface area contributed by atoms with Gasteiger partial charge in [0.25, 0.3) is 0 Å². The number of carbonyl (C=O) groups is 3. The molecule has 0 radical (unpaired) electrons. The smallest absolute Gasteiger partial charge is 0.409 e. The molecule has 1 aliphatic carbocycles. The summed E-state index contributed by atoms with van der Waals surface area (Å²) in [5.74, 6) is -0.366. The largest absolute Gasteiger partial charge is 0.450 e. The van der Waals surface area contributed by atoms with Gasteiger partial charge in [-0.25, -0.2) is 4.79 Å². The van der Waals surface area contributed by atoms with Crippen LogP contribution < -0.4 is 5.32 Å². The maximum Gasteiger partial charge on any atom is 0.409 e. The Kier molecular flexibility index (Phi) is 7.29. The van der Waals surface area contributed by atoms with Crippen LogP contribution in [0.5, 0.6) is 0 Å². The molecule has 3 amide bonds. The second kappa shape index (κ2) is 9.24. The van der Waals surface area contributed by atoms with E-state index in [-0.39, 0.29) is 23.9 Å². The first kappa shape index (κ1) is 20.5. The highest BCUT2D eigenvalue weighted by Gasteiger charge is 2.41. The van der Waals surface area contributed by atoms with Gasteiger partial charge in [0, 0.05) is 32.2 Å². The molecule has 0 aromatic heterocycles. The van der Waals surface area contributed by atoms with E-state index in [4.69, 9.17) is 4.74 Å². The van der Waals surface area contributed by atoms with Crippen LogP contribution in [-0.4, -0.2) is 66.5 Å². The van der Waals surface area contributed by atoms with Gasteiger partial charge in [-0.3, -0.25) is 9.59 Å². The number of carbonyl (C=O) groups excluding carboxylic acids is 3. The summed E-state index contributed by atoms with van der Waals surface area (Å²) in [4.78, 5) is 40.7. The minimum atomic E-state index is -1.10. The van der Waals surface area contributed by atoms with Crippen molar-refractivity contribution >= 4 is 17.9 Å². The average molecular weight is 367 g/mol. The van der Waals surface area contributed by atoms with Gasteiger partial charge in [-0.05, 0) is 33.6 Å². The molecule has 1 heterocycles. The highest BCUT2D eigenvalue weighted by atomic mass is 16.6. The Morgan fingerprint density at radius 3 is 2.04 bits per heavy atom. The quantitative estimate of drug-likeness (QED) is 0.610. The molecule has 0 aromatic carbocycles. The topological polar surface area (TPSA) is 79.0 Å². The predicted octanol–water partition coefficient (Wildman–Crippen LogP) is 2.15. The van der Waals surface area contributed by atoms with Crippen LogP contribution in [0.25, 0.3) is 0 Å². The molecule has 0 aromatic rings. The Labute approximate surface area is 156 Å². The van der Waals surface area contributed by atoms with E-state index in [9.17, 15) is 14.4 Å². The van der Waals surface area contributed by atoms with E-state index < -0.39 is 5.41 Å². The zero-order chi connectivity index (χ0) is 19.2. The molecule has 2 fully saturated rings. The zero-order valence-electron chi connectivity index (χ0n) is 16.4. The number of nitrogens with zero attached hydrogens (tertiary/aromatic N) is 2. The van der Waals surface area contributed by atoms with Gasteiger partial charge in [0.1, 0.15) is 5.41 Å². The van der Waals surface area contributed by atoms with Gasteiger partial charge in [-0.2, -0.15) is 0 Å². The number of amides is 3. The summed E-state index contributed by atoms with van der Waals surface area (Å²) in [7, 11) is 0. The summed E-state index contributed by atoms with van der Waals surface area (Å²) in [5, 5.41) is 3.09. The third-order valence-electron chi connectivity index (χ3n) is 5.39. The number of hydrogen-bond donors (Lipinski definition) is 1. The highest BCUT2D eigenvalue weighted by molar-refractivity contribution is 6.04. The van der Waals surface area contributed by atoms with Crippen LogP contribution in [-0.2, 0) is 14.3 Å². The van der Waals surface area contributed by atoms with Gasteiger partial charge < -0.3 is 19.9 Å². The molecule has 1 saturated carbocycles. The molecule has 0 bridgehead atoms. The van der Waals surface area contributed by atoms with Crippen molar-refractivity contribution in [3.05, 3.63) is 0 Å². The fourth-order valence-corrected chi connectivity index (χ4v) is 3.59. The third kappa shape index (κ3) is 5.11. The van der Waals surface area contributed by atoms with Gasteiger partial charge in [-0.15, -0.1) is 0 Å². The molecule has 0 unspecified atom stereocenters. The van der Waals surface area contributed by atoms with E-state index in [1.807, 2.05) is 0 Å². The lowest BCUT2D eigenvalue weighted by molar-refractivity contribution is -0.150. The summed E-state index contributed by atoms with van der Waals surface area (Å²) in [5.41, 5.74) is -1.10. The lowest BCUT2D eigenvalue weighted by atomic mass is 9.89. The summed E-state index contributed by atoms with van der Waals surface area (Å²) in [6.45, 7) is 7.23. The molecule has 1 saturated heterocycles. The van der Waals surface area contributed by atoms with Gasteiger partial charge in [0.15, 0.2) is 0 Å². The maximum atomic E-state index is 12.9. The van der Waals surface area contributed by atoms with Crippen molar-refractivity contribution in [2.45, 2.75) is 65.3 Å². The lowest BCUT2D eigenvalue weighted by Crippen LogP contribution is -2.57. The average Bonchev–Trinajstić information content (AvgIpc) is 2.90. The standard InChI is InChI=1S/C19H33N3O4/c1-4-26-18(25)22-13-11-21(12-14-22)17(24)19(2,3)16(23)20-15-9-7-5-6-8-10-15/h15H,4-14H2,1-3H3,(H,20,23). The van der Waals surface area contributed by atoms with E-state index >= 15 is 0 Å². The predicted molar refractivity (Wildman–Crippen MR) is 98.6 cm³/mol. The molecule has 26 heavy (non-hydrogen) atoms. The molecule has 2 aliphatic rings. The molecule has 7 nitrogen and oxygen atoms in total. The van der Waals surface area contributed by atoms with E-state index in [0.717, 1.165) is 25.7 Å². The van der Waals surface area contributed by atoms with Crippen molar-refractivity contribution in [1.82, 2.24) is 15.1 Å². The van der Waals surface area contributed by atoms with Crippen molar-refractivity contribution in [3.63, 3.8) is 0 Å². The van der Waals surface area contributed by atoms with Crippen LogP contribution in [0, 0.1) is 5.41 Å². The van der Waals surface area contributed by atoms with Crippen LogP contribution in [0.1, 0.15) is 59.3 Å². The molecule has 7 heteroatoms. The highest BCUT2D eigenvalue weighted by Crippen LogP contribution is 2.23. The minimum Gasteiger partial charge on any atom is -0.450 e. The first-order valence-electron chi connectivity index (χ1n) is 9.88. The van der Waals surface area contributed by atoms with Crippen molar-refractivity contribution in [3.8, 4) is 0 Å². The third-order valence-corrected chi connectivity index (χ3v) is 5.39. The molecule has 1 aliphatic heterocycles.